The van der Waals surface area contributed by atoms with E-state index in [1.165, 1.54) is 12.2 Å². The lowest BCUT2D eigenvalue weighted by Gasteiger charge is -2.38. The Balaban J connectivity index is 1.43. The van der Waals surface area contributed by atoms with E-state index in [2.05, 4.69) is 10.2 Å². The maximum absolute atomic E-state index is 13.3. The van der Waals surface area contributed by atoms with Crippen LogP contribution in [0.2, 0.25) is 0 Å². The van der Waals surface area contributed by atoms with E-state index in [1.54, 1.807) is 17.1 Å². The van der Waals surface area contributed by atoms with Gasteiger partial charge < -0.3 is 4.90 Å². The van der Waals surface area contributed by atoms with Gasteiger partial charge in [0.05, 0.1) is 23.1 Å². The van der Waals surface area contributed by atoms with Crippen LogP contribution in [0.25, 0.3) is 0 Å². The number of likely N-dealkylation sites (tertiary alicyclic amines) is 1. The number of aromatic nitrogens is 2. The highest BCUT2D eigenvalue weighted by Crippen LogP contribution is 2.42. The fraction of sp³-hybridized carbons (Fsp3) is 0.556. The van der Waals surface area contributed by atoms with Crippen LogP contribution in [-0.2, 0) is 21.3 Å². The van der Waals surface area contributed by atoms with Crippen LogP contribution in [0.4, 0.5) is 13.2 Å². The Hall–Kier alpha value is -2.10. The molecule has 4 rings (SSSR count). The predicted molar refractivity (Wildman–Crippen MR) is 94.9 cm³/mol. The van der Waals surface area contributed by atoms with E-state index in [4.69, 9.17) is 0 Å². The van der Waals surface area contributed by atoms with Gasteiger partial charge in [-0.05, 0) is 24.7 Å². The van der Waals surface area contributed by atoms with Crippen molar-refractivity contribution in [3.8, 4) is 0 Å². The third-order valence-corrected chi connectivity index (χ3v) is 7.27. The van der Waals surface area contributed by atoms with Crippen LogP contribution in [0.1, 0.15) is 34.6 Å². The second-order valence-electron chi connectivity index (χ2n) is 7.61. The standard InChI is InChI=1S/C18H20F3N3O3S/c19-18(20,21)14-4-2-1-3-12(14)11-5-7-24(8-6-11)17(25)16-13-9-28(26,27)10-15(13)22-23-16/h1-4,11-12,14H,5-10H2,(H,22,23). The fourth-order valence-corrected chi connectivity index (χ4v) is 5.91. The van der Waals surface area contributed by atoms with Gasteiger partial charge in [-0.1, -0.05) is 24.3 Å². The van der Waals surface area contributed by atoms with E-state index in [9.17, 15) is 26.4 Å². The number of carbonyl (C=O) groups excluding carboxylic acids is 1. The molecule has 3 heterocycles. The van der Waals surface area contributed by atoms with E-state index >= 15 is 0 Å². The number of piperidine rings is 1. The minimum atomic E-state index is -4.29. The first kappa shape index (κ1) is 19.2. The van der Waals surface area contributed by atoms with Crippen molar-refractivity contribution in [1.82, 2.24) is 15.1 Å². The molecule has 0 radical (unpaired) electrons. The fourth-order valence-electron chi connectivity index (χ4n) is 4.38. The van der Waals surface area contributed by atoms with E-state index in [-0.39, 0.29) is 29.0 Å². The molecule has 2 unspecified atom stereocenters. The molecule has 0 bridgehead atoms. The van der Waals surface area contributed by atoms with Gasteiger partial charge in [0.2, 0.25) is 0 Å². The van der Waals surface area contributed by atoms with Crippen LogP contribution in [0.3, 0.4) is 0 Å². The number of carbonyl (C=O) groups is 1. The highest BCUT2D eigenvalue weighted by Gasteiger charge is 2.46. The molecule has 1 saturated heterocycles. The molecular weight excluding hydrogens is 395 g/mol. The van der Waals surface area contributed by atoms with E-state index in [0.29, 0.717) is 37.2 Å². The molecule has 1 fully saturated rings. The van der Waals surface area contributed by atoms with Gasteiger partial charge >= 0.3 is 6.18 Å². The van der Waals surface area contributed by atoms with E-state index < -0.39 is 27.8 Å². The maximum atomic E-state index is 13.3. The number of aromatic amines is 1. The van der Waals surface area contributed by atoms with Gasteiger partial charge in [-0.25, -0.2) is 8.42 Å². The number of alkyl halides is 3. The van der Waals surface area contributed by atoms with Gasteiger partial charge in [0.25, 0.3) is 5.91 Å². The number of nitrogens with zero attached hydrogens (tertiary/aromatic N) is 2. The lowest BCUT2D eigenvalue weighted by Crippen LogP contribution is -2.43. The Bertz CT molecular complexity index is 941. The van der Waals surface area contributed by atoms with Crippen molar-refractivity contribution in [3.05, 3.63) is 41.3 Å². The van der Waals surface area contributed by atoms with Crippen molar-refractivity contribution < 1.29 is 26.4 Å². The molecule has 1 N–H and O–H groups in total. The number of amides is 1. The van der Waals surface area contributed by atoms with Gasteiger partial charge in [0, 0.05) is 18.7 Å². The summed E-state index contributed by atoms with van der Waals surface area (Å²) in [6, 6.07) is 0. The Kier molecular flexibility index (Phi) is 4.64. The highest BCUT2D eigenvalue weighted by molar-refractivity contribution is 7.90. The first-order valence-corrected chi connectivity index (χ1v) is 11.0. The summed E-state index contributed by atoms with van der Waals surface area (Å²) >= 11 is 0. The molecule has 2 aliphatic heterocycles. The summed E-state index contributed by atoms with van der Waals surface area (Å²) in [5.74, 6) is -3.00. The van der Waals surface area contributed by atoms with Crippen LogP contribution in [-0.4, -0.2) is 48.7 Å². The molecule has 3 aliphatic rings. The summed E-state index contributed by atoms with van der Waals surface area (Å²) in [6.07, 6.45) is 2.54. The number of hydrogen-bond donors (Lipinski definition) is 1. The first-order chi connectivity index (χ1) is 13.2. The van der Waals surface area contributed by atoms with E-state index in [0.717, 1.165) is 0 Å². The number of fused-ring (bicyclic) bond motifs is 1. The number of allylic oxidation sites excluding steroid dienone is 4. The average molecular weight is 415 g/mol. The Morgan fingerprint density at radius 3 is 2.50 bits per heavy atom. The Morgan fingerprint density at radius 2 is 1.82 bits per heavy atom. The summed E-state index contributed by atoms with van der Waals surface area (Å²) in [5, 5.41) is 6.61. The number of nitrogens with one attached hydrogen (secondary N) is 1. The molecule has 10 heteroatoms. The SMILES string of the molecule is O=C(c1n[nH]c2c1CS(=O)(=O)C2)N1CCC(C2C=CC=CC2C(F)(F)F)CC1. The van der Waals surface area contributed by atoms with Crippen molar-refractivity contribution in [1.29, 1.82) is 0 Å². The zero-order valence-corrected chi connectivity index (χ0v) is 15.8. The molecule has 0 saturated carbocycles. The van der Waals surface area contributed by atoms with Crippen LogP contribution in [0.5, 0.6) is 0 Å². The van der Waals surface area contributed by atoms with Crippen LogP contribution in [0, 0.1) is 17.8 Å². The Morgan fingerprint density at radius 1 is 1.14 bits per heavy atom. The van der Waals surface area contributed by atoms with Crippen molar-refractivity contribution in [2.24, 2.45) is 17.8 Å². The van der Waals surface area contributed by atoms with Gasteiger partial charge in [0.1, 0.15) is 0 Å². The molecule has 1 aromatic heterocycles. The molecule has 152 valence electrons. The zero-order valence-electron chi connectivity index (χ0n) is 14.9. The number of hydrogen-bond acceptors (Lipinski definition) is 4. The summed E-state index contributed by atoms with van der Waals surface area (Å²) in [4.78, 5) is 14.3. The molecule has 2 atom stereocenters. The smallest absolute Gasteiger partial charge is 0.337 e. The van der Waals surface area contributed by atoms with Crippen molar-refractivity contribution in [2.75, 3.05) is 13.1 Å². The molecule has 28 heavy (non-hydrogen) atoms. The minimum absolute atomic E-state index is 0.114. The predicted octanol–water partition coefficient (Wildman–Crippen LogP) is 2.61. The number of halogens is 3. The lowest BCUT2D eigenvalue weighted by atomic mass is 9.74. The van der Waals surface area contributed by atoms with Crippen LogP contribution in [0.15, 0.2) is 24.3 Å². The summed E-state index contributed by atoms with van der Waals surface area (Å²) in [6.45, 7) is 0.660. The largest absolute Gasteiger partial charge is 0.395 e. The molecule has 1 amide bonds. The Labute approximate surface area is 160 Å². The molecule has 1 aromatic rings. The maximum Gasteiger partial charge on any atom is 0.395 e. The van der Waals surface area contributed by atoms with Gasteiger partial charge in [-0.15, -0.1) is 0 Å². The molecular formula is C18H20F3N3O3S. The van der Waals surface area contributed by atoms with Gasteiger partial charge in [-0.3, -0.25) is 9.89 Å². The summed E-state index contributed by atoms with van der Waals surface area (Å²) in [7, 11) is -3.25. The molecule has 6 nitrogen and oxygen atoms in total. The topological polar surface area (TPSA) is 83.1 Å². The number of rotatable bonds is 2. The summed E-state index contributed by atoms with van der Waals surface area (Å²) in [5.41, 5.74) is 0.984. The number of sulfone groups is 1. The summed E-state index contributed by atoms with van der Waals surface area (Å²) < 4.78 is 63.5. The van der Waals surface area contributed by atoms with Crippen molar-refractivity contribution in [2.45, 2.75) is 30.5 Å². The average Bonchev–Trinajstić information content (AvgIpc) is 3.15. The second-order valence-corrected chi connectivity index (χ2v) is 9.67. The van der Waals surface area contributed by atoms with Crippen molar-refractivity contribution in [3.63, 3.8) is 0 Å². The minimum Gasteiger partial charge on any atom is -0.337 e. The highest BCUT2D eigenvalue weighted by atomic mass is 32.2. The molecule has 1 aliphatic carbocycles. The van der Waals surface area contributed by atoms with Crippen LogP contribution < -0.4 is 0 Å². The normalized spacial score (nSPS) is 27.2. The quantitative estimate of drug-likeness (QED) is 0.805. The van der Waals surface area contributed by atoms with Gasteiger partial charge in [0.15, 0.2) is 15.5 Å². The third-order valence-electron chi connectivity index (χ3n) is 5.81. The molecule has 0 aromatic carbocycles. The van der Waals surface area contributed by atoms with Crippen molar-refractivity contribution >= 4 is 15.7 Å². The second kappa shape index (κ2) is 6.75. The van der Waals surface area contributed by atoms with Gasteiger partial charge in [-0.2, -0.15) is 18.3 Å². The monoisotopic (exact) mass is 415 g/mol. The lowest BCUT2D eigenvalue weighted by molar-refractivity contribution is -0.175. The molecule has 0 spiro atoms. The van der Waals surface area contributed by atoms with E-state index in [1.807, 2.05) is 0 Å². The van der Waals surface area contributed by atoms with Crippen LogP contribution >= 0.6 is 0 Å². The first-order valence-electron chi connectivity index (χ1n) is 9.13. The zero-order chi connectivity index (χ0) is 20.1. The third kappa shape index (κ3) is 3.49. The number of H-pyrrole nitrogens is 1.